The maximum Gasteiger partial charge on any atom is 0.262 e. The van der Waals surface area contributed by atoms with Gasteiger partial charge in [-0.1, -0.05) is 12.1 Å². The van der Waals surface area contributed by atoms with Crippen molar-refractivity contribution >= 4 is 23.2 Å². The summed E-state index contributed by atoms with van der Waals surface area (Å²) in [5.74, 6) is 0.788. The highest BCUT2D eigenvalue weighted by Gasteiger charge is 2.41. The zero-order valence-electron chi connectivity index (χ0n) is 18.6. The van der Waals surface area contributed by atoms with Crippen molar-refractivity contribution in [1.29, 1.82) is 0 Å². The number of nitrogens with one attached hydrogen (secondary N) is 1. The Hall–Kier alpha value is -3.74. The van der Waals surface area contributed by atoms with E-state index in [0.29, 0.717) is 59.8 Å². The number of amides is 1. The molecule has 2 aromatic rings. The molecule has 5 rings (SSSR count). The van der Waals surface area contributed by atoms with Gasteiger partial charge in [-0.05, 0) is 54.8 Å². The van der Waals surface area contributed by atoms with Crippen LogP contribution in [0.5, 0.6) is 5.75 Å². The van der Waals surface area contributed by atoms with E-state index in [1.165, 1.54) is 24.3 Å². The zero-order chi connectivity index (χ0) is 23.7. The summed E-state index contributed by atoms with van der Waals surface area (Å²) in [6, 6.07) is 12.6. The molecule has 2 aromatic carbocycles. The molecule has 7 heteroatoms. The first-order valence-electron chi connectivity index (χ1n) is 11.5. The third-order valence-electron chi connectivity index (χ3n) is 6.35. The van der Waals surface area contributed by atoms with E-state index in [-0.39, 0.29) is 29.9 Å². The fourth-order valence-electron chi connectivity index (χ4n) is 4.79. The molecule has 3 aliphatic rings. The van der Waals surface area contributed by atoms with E-state index in [1.54, 1.807) is 12.1 Å². The van der Waals surface area contributed by atoms with Gasteiger partial charge in [0, 0.05) is 48.4 Å². The number of allylic oxidation sites excluding steroid dienone is 4. The van der Waals surface area contributed by atoms with Crippen LogP contribution in [-0.2, 0) is 19.1 Å². The third-order valence-corrected chi connectivity index (χ3v) is 6.35. The average molecular weight is 461 g/mol. The molecule has 174 valence electrons. The van der Waals surface area contributed by atoms with Crippen molar-refractivity contribution in [3.63, 3.8) is 0 Å². The van der Waals surface area contributed by atoms with Gasteiger partial charge in [-0.2, -0.15) is 0 Å². The van der Waals surface area contributed by atoms with Crippen LogP contribution in [0.1, 0.15) is 50.0 Å². The van der Waals surface area contributed by atoms with E-state index >= 15 is 0 Å². The van der Waals surface area contributed by atoms with Crippen LogP contribution in [-0.4, -0.2) is 24.1 Å². The minimum atomic E-state index is -0.421. The summed E-state index contributed by atoms with van der Waals surface area (Å²) in [6.07, 6.45) is 3.83. The van der Waals surface area contributed by atoms with Gasteiger partial charge < -0.3 is 14.8 Å². The second-order valence-electron chi connectivity index (χ2n) is 8.68. The normalized spacial score (nSPS) is 18.3. The maximum absolute atomic E-state index is 13.0. The van der Waals surface area contributed by atoms with Crippen molar-refractivity contribution < 1.29 is 28.2 Å². The lowest BCUT2D eigenvalue weighted by Crippen LogP contribution is -2.30. The number of carbonyl (C=O) groups excluding carboxylic acids is 3. The summed E-state index contributed by atoms with van der Waals surface area (Å²) in [4.78, 5) is 37.8. The SMILES string of the molecule is O=C(COc1ccc(C2C3=C(CCCC3=O)OC3=C2C(=O)CCC3)cc1)Nc1ccc(F)cc1. The molecule has 6 nitrogen and oxygen atoms in total. The van der Waals surface area contributed by atoms with Crippen LogP contribution in [0.25, 0.3) is 0 Å². The number of ether oxygens (including phenoxy) is 2. The van der Waals surface area contributed by atoms with Gasteiger partial charge in [0.25, 0.3) is 5.91 Å². The number of hydrogen-bond acceptors (Lipinski definition) is 5. The number of ketones is 2. The van der Waals surface area contributed by atoms with E-state index in [0.717, 1.165) is 18.4 Å². The lowest BCUT2D eigenvalue weighted by Gasteiger charge is -2.36. The number of Topliss-reactive ketones (excluding diaryl/α,β-unsaturated/α-hetero) is 2. The molecule has 0 aromatic heterocycles. The summed E-state index contributed by atoms with van der Waals surface area (Å²) < 4.78 is 24.7. The smallest absolute Gasteiger partial charge is 0.262 e. The first-order valence-corrected chi connectivity index (χ1v) is 11.5. The minimum Gasteiger partial charge on any atom is -0.484 e. The summed E-state index contributed by atoms with van der Waals surface area (Å²) in [5.41, 5.74) is 2.52. The Labute approximate surface area is 196 Å². The van der Waals surface area contributed by atoms with E-state index < -0.39 is 5.92 Å². The van der Waals surface area contributed by atoms with Gasteiger partial charge >= 0.3 is 0 Å². The molecule has 0 bridgehead atoms. The van der Waals surface area contributed by atoms with Crippen LogP contribution in [0.4, 0.5) is 10.1 Å². The predicted octanol–water partition coefficient (Wildman–Crippen LogP) is 4.97. The second-order valence-corrected chi connectivity index (χ2v) is 8.68. The van der Waals surface area contributed by atoms with E-state index in [1.807, 2.05) is 12.1 Å². The maximum atomic E-state index is 13.0. The molecule has 0 radical (unpaired) electrons. The molecule has 0 saturated heterocycles. The van der Waals surface area contributed by atoms with Gasteiger partial charge in [0.05, 0.1) is 0 Å². The van der Waals surface area contributed by atoms with Crippen molar-refractivity contribution in [2.75, 3.05) is 11.9 Å². The lowest BCUT2D eigenvalue weighted by atomic mass is 9.73. The highest BCUT2D eigenvalue weighted by atomic mass is 19.1. The van der Waals surface area contributed by atoms with E-state index in [9.17, 15) is 18.8 Å². The molecule has 0 atom stereocenters. The third kappa shape index (κ3) is 4.38. The summed E-state index contributed by atoms with van der Waals surface area (Å²) in [6.45, 7) is -0.213. The molecule has 2 aliphatic carbocycles. The Morgan fingerprint density at radius 3 is 2.06 bits per heavy atom. The van der Waals surface area contributed by atoms with Gasteiger partial charge in [-0.15, -0.1) is 0 Å². The Kier molecular flexibility index (Phi) is 6.01. The van der Waals surface area contributed by atoms with Crippen LogP contribution >= 0.6 is 0 Å². The molecule has 34 heavy (non-hydrogen) atoms. The van der Waals surface area contributed by atoms with Crippen molar-refractivity contribution in [3.8, 4) is 5.75 Å². The highest BCUT2D eigenvalue weighted by Crippen LogP contribution is 2.47. The summed E-state index contributed by atoms with van der Waals surface area (Å²) in [7, 11) is 0. The fourth-order valence-corrected chi connectivity index (χ4v) is 4.79. The van der Waals surface area contributed by atoms with Crippen LogP contribution < -0.4 is 10.1 Å². The molecule has 1 heterocycles. The van der Waals surface area contributed by atoms with Gasteiger partial charge in [-0.3, -0.25) is 14.4 Å². The van der Waals surface area contributed by atoms with Crippen molar-refractivity contribution in [2.45, 2.75) is 44.4 Å². The van der Waals surface area contributed by atoms with Crippen LogP contribution in [0.3, 0.4) is 0 Å². The zero-order valence-corrected chi connectivity index (χ0v) is 18.6. The molecule has 0 unspecified atom stereocenters. The van der Waals surface area contributed by atoms with E-state index in [2.05, 4.69) is 5.32 Å². The molecule has 0 fully saturated rings. The number of halogens is 1. The van der Waals surface area contributed by atoms with Crippen LogP contribution in [0.2, 0.25) is 0 Å². The molecule has 1 N–H and O–H groups in total. The minimum absolute atomic E-state index is 0.0361. The topological polar surface area (TPSA) is 81.7 Å². The molecule has 0 spiro atoms. The number of hydrogen-bond donors (Lipinski definition) is 1. The lowest BCUT2D eigenvalue weighted by molar-refractivity contribution is -0.119. The van der Waals surface area contributed by atoms with Crippen molar-refractivity contribution in [1.82, 2.24) is 0 Å². The molecule has 0 saturated carbocycles. The highest BCUT2D eigenvalue weighted by molar-refractivity contribution is 6.05. The monoisotopic (exact) mass is 461 g/mol. The summed E-state index contributed by atoms with van der Waals surface area (Å²) in [5, 5.41) is 2.64. The van der Waals surface area contributed by atoms with Crippen LogP contribution in [0, 0.1) is 5.82 Å². The summed E-state index contributed by atoms with van der Waals surface area (Å²) >= 11 is 0. The number of rotatable bonds is 5. The predicted molar refractivity (Wildman–Crippen MR) is 123 cm³/mol. The first-order chi connectivity index (χ1) is 16.5. The van der Waals surface area contributed by atoms with Gasteiger partial charge in [-0.25, -0.2) is 4.39 Å². The number of carbonyl (C=O) groups is 3. The fraction of sp³-hybridized carbons (Fsp3) is 0.296. The molecule has 1 aliphatic heterocycles. The van der Waals surface area contributed by atoms with Crippen molar-refractivity contribution in [2.24, 2.45) is 0 Å². The Balaban J connectivity index is 1.33. The van der Waals surface area contributed by atoms with Crippen LogP contribution in [0.15, 0.2) is 71.2 Å². The first kappa shape index (κ1) is 22.1. The molecule has 1 amide bonds. The molecular formula is C27H24FNO5. The second kappa shape index (κ2) is 9.25. The Morgan fingerprint density at radius 2 is 1.47 bits per heavy atom. The Morgan fingerprint density at radius 1 is 0.882 bits per heavy atom. The van der Waals surface area contributed by atoms with E-state index in [4.69, 9.17) is 9.47 Å². The largest absolute Gasteiger partial charge is 0.484 e. The van der Waals surface area contributed by atoms with Gasteiger partial charge in [0.2, 0.25) is 0 Å². The number of benzene rings is 2. The van der Waals surface area contributed by atoms with Gasteiger partial charge in [0.1, 0.15) is 23.1 Å². The molecular weight excluding hydrogens is 437 g/mol. The van der Waals surface area contributed by atoms with Gasteiger partial charge in [0.15, 0.2) is 18.2 Å². The quantitative estimate of drug-likeness (QED) is 0.680. The Bertz CT molecular complexity index is 1170. The number of anilines is 1. The standard InChI is InChI=1S/C27H24FNO5/c28-17-9-11-18(12-10-17)29-24(32)15-33-19-13-7-16(8-14-19)25-26-20(30)3-1-5-22(26)34-23-6-2-4-21(31)27(23)25/h7-14,25H,1-6,15H2,(H,29,32). The average Bonchev–Trinajstić information content (AvgIpc) is 2.84. The van der Waals surface area contributed by atoms with Crippen molar-refractivity contribution in [3.05, 3.63) is 82.6 Å².